The summed E-state index contributed by atoms with van der Waals surface area (Å²) in [5, 5.41) is 0. The van der Waals surface area contributed by atoms with Gasteiger partial charge >= 0.3 is 5.97 Å². The predicted octanol–water partition coefficient (Wildman–Crippen LogP) is 1.98. The molecule has 2 rings (SSSR count). The average Bonchev–Trinajstić information content (AvgIpc) is 2.46. The number of methoxy groups -OCH3 is 1. The molecule has 102 valence electrons. The molecular formula is C14H16O5. The van der Waals surface area contributed by atoms with Crippen molar-refractivity contribution in [1.29, 1.82) is 0 Å². The summed E-state index contributed by atoms with van der Waals surface area (Å²) in [6.07, 6.45) is 1.06. The molecule has 0 unspecified atom stereocenters. The van der Waals surface area contributed by atoms with Crippen molar-refractivity contribution < 1.29 is 23.8 Å². The Bertz CT molecular complexity index is 481. The van der Waals surface area contributed by atoms with E-state index in [0.717, 1.165) is 0 Å². The van der Waals surface area contributed by atoms with Gasteiger partial charge in [-0.3, -0.25) is 9.59 Å². The molecule has 0 radical (unpaired) electrons. The zero-order valence-corrected chi connectivity index (χ0v) is 10.8. The van der Waals surface area contributed by atoms with Crippen LogP contribution in [0.5, 0.6) is 11.5 Å². The van der Waals surface area contributed by atoms with E-state index in [0.29, 0.717) is 43.1 Å². The lowest BCUT2D eigenvalue weighted by Crippen LogP contribution is -2.15. The van der Waals surface area contributed by atoms with Crippen LogP contribution in [0.3, 0.4) is 0 Å². The highest BCUT2D eigenvalue weighted by atomic mass is 16.6. The van der Waals surface area contributed by atoms with Gasteiger partial charge in [-0.2, -0.15) is 0 Å². The molecule has 0 saturated heterocycles. The summed E-state index contributed by atoms with van der Waals surface area (Å²) in [5.41, 5.74) is 0.578. The van der Waals surface area contributed by atoms with Crippen LogP contribution < -0.4 is 9.47 Å². The molecule has 1 aliphatic rings. The Balaban J connectivity index is 1.94. The van der Waals surface area contributed by atoms with Crippen LogP contribution in [-0.4, -0.2) is 32.1 Å². The lowest BCUT2D eigenvalue weighted by Gasteiger charge is -2.18. The highest BCUT2D eigenvalue weighted by Gasteiger charge is 2.15. The van der Waals surface area contributed by atoms with Gasteiger partial charge < -0.3 is 14.2 Å². The minimum atomic E-state index is -0.296. The Kier molecular flexibility index (Phi) is 4.39. The number of fused-ring (bicyclic) bond motifs is 1. The molecular weight excluding hydrogens is 248 g/mol. The summed E-state index contributed by atoms with van der Waals surface area (Å²) < 4.78 is 15.3. The van der Waals surface area contributed by atoms with E-state index in [2.05, 4.69) is 4.74 Å². The van der Waals surface area contributed by atoms with Crippen LogP contribution in [0.2, 0.25) is 0 Å². The zero-order valence-electron chi connectivity index (χ0n) is 10.8. The first-order chi connectivity index (χ1) is 9.20. The molecule has 5 nitrogen and oxygen atoms in total. The van der Waals surface area contributed by atoms with E-state index in [-0.39, 0.29) is 18.2 Å². The molecule has 1 aromatic carbocycles. The summed E-state index contributed by atoms with van der Waals surface area (Å²) in [5.74, 6) is 0.957. The van der Waals surface area contributed by atoms with E-state index < -0.39 is 0 Å². The molecule has 5 heteroatoms. The molecule has 0 bridgehead atoms. The van der Waals surface area contributed by atoms with Crippen LogP contribution in [0.25, 0.3) is 0 Å². The summed E-state index contributed by atoms with van der Waals surface area (Å²) in [4.78, 5) is 22.9. The third-order valence-electron chi connectivity index (χ3n) is 2.88. The first-order valence-electron chi connectivity index (χ1n) is 6.20. The molecule has 0 aliphatic carbocycles. The smallest absolute Gasteiger partial charge is 0.305 e. The maximum atomic E-state index is 12.0. The second-order valence-electron chi connectivity index (χ2n) is 4.21. The van der Waals surface area contributed by atoms with Gasteiger partial charge in [0.05, 0.1) is 7.11 Å². The fraction of sp³-hybridized carbons (Fsp3) is 0.429. The number of carbonyl (C=O) groups excluding carboxylic acids is 2. The number of hydrogen-bond acceptors (Lipinski definition) is 5. The largest absolute Gasteiger partial charge is 0.486 e. The maximum Gasteiger partial charge on any atom is 0.305 e. The lowest BCUT2D eigenvalue weighted by molar-refractivity contribution is -0.140. The number of ketones is 1. The molecule has 0 N–H and O–H groups in total. The monoisotopic (exact) mass is 264 g/mol. The van der Waals surface area contributed by atoms with Gasteiger partial charge in [0.2, 0.25) is 0 Å². The first-order valence-corrected chi connectivity index (χ1v) is 6.20. The standard InChI is InChI=1S/C14H16O5/c1-17-14(16)4-2-3-11(15)10-5-6-12-13(9-10)19-8-7-18-12/h5-6,9H,2-4,7-8H2,1H3. The van der Waals surface area contributed by atoms with Gasteiger partial charge in [0.15, 0.2) is 17.3 Å². The fourth-order valence-corrected chi connectivity index (χ4v) is 1.86. The van der Waals surface area contributed by atoms with Crippen LogP contribution in [0.4, 0.5) is 0 Å². The topological polar surface area (TPSA) is 61.8 Å². The third kappa shape index (κ3) is 3.47. The quantitative estimate of drug-likeness (QED) is 0.601. The van der Waals surface area contributed by atoms with Gasteiger partial charge in [-0.25, -0.2) is 0 Å². The van der Waals surface area contributed by atoms with E-state index >= 15 is 0 Å². The highest BCUT2D eigenvalue weighted by Crippen LogP contribution is 2.31. The molecule has 0 fully saturated rings. The molecule has 1 aliphatic heterocycles. The number of ether oxygens (including phenoxy) is 3. The van der Waals surface area contributed by atoms with E-state index in [9.17, 15) is 9.59 Å². The number of hydrogen-bond donors (Lipinski definition) is 0. The highest BCUT2D eigenvalue weighted by molar-refractivity contribution is 5.96. The number of Topliss-reactive ketones (excluding diaryl/α,β-unsaturated/α-hetero) is 1. The van der Waals surface area contributed by atoms with Crippen molar-refractivity contribution in [3.63, 3.8) is 0 Å². The molecule has 0 saturated carbocycles. The number of carbonyl (C=O) groups is 2. The summed E-state index contributed by atoms with van der Waals surface area (Å²) in [6, 6.07) is 5.14. The Morgan fingerprint density at radius 2 is 1.89 bits per heavy atom. The van der Waals surface area contributed by atoms with Crippen molar-refractivity contribution in [3.8, 4) is 11.5 Å². The molecule has 0 aromatic heterocycles. The molecule has 0 amide bonds. The van der Waals surface area contributed by atoms with Gasteiger partial charge in [-0.1, -0.05) is 0 Å². The molecule has 1 heterocycles. The van der Waals surface area contributed by atoms with E-state index in [1.54, 1.807) is 18.2 Å². The van der Waals surface area contributed by atoms with Crippen molar-refractivity contribution in [2.75, 3.05) is 20.3 Å². The minimum Gasteiger partial charge on any atom is -0.486 e. The molecule has 1 aromatic rings. The third-order valence-corrected chi connectivity index (χ3v) is 2.88. The van der Waals surface area contributed by atoms with Crippen LogP contribution in [0, 0.1) is 0 Å². The second-order valence-corrected chi connectivity index (χ2v) is 4.21. The summed E-state index contributed by atoms with van der Waals surface area (Å²) >= 11 is 0. The van der Waals surface area contributed by atoms with Crippen LogP contribution in [0.1, 0.15) is 29.6 Å². The van der Waals surface area contributed by atoms with Gasteiger partial charge in [0.1, 0.15) is 13.2 Å². The van der Waals surface area contributed by atoms with Crippen LogP contribution in [-0.2, 0) is 9.53 Å². The second kappa shape index (κ2) is 6.22. The Hall–Kier alpha value is -2.04. The average molecular weight is 264 g/mol. The number of benzene rings is 1. The SMILES string of the molecule is COC(=O)CCCC(=O)c1ccc2c(c1)OCCO2. The molecule has 19 heavy (non-hydrogen) atoms. The molecule has 0 atom stereocenters. The van der Waals surface area contributed by atoms with Crippen molar-refractivity contribution in [1.82, 2.24) is 0 Å². The Labute approximate surface area is 111 Å². The van der Waals surface area contributed by atoms with Crippen molar-refractivity contribution in [2.24, 2.45) is 0 Å². The van der Waals surface area contributed by atoms with Crippen molar-refractivity contribution in [2.45, 2.75) is 19.3 Å². The number of rotatable bonds is 5. The fourth-order valence-electron chi connectivity index (χ4n) is 1.86. The first kappa shape index (κ1) is 13.4. The Morgan fingerprint density at radius 1 is 1.16 bits per heavy atom. The van der Waals surface area contributed by atoms with E-state index in [1.165, 1.54) is 7.11 Å². The zero-order chi connectivity index (χ0) is 13.7. The van der Waals surface area contributed by atoms with E-state index in [4.69, 9.17) is 9.47 Å². The summed E-state index contributed by atoms with van der Waals surface area (Å²) in [7, 11) is 1.34. The van der Waals surface area contributed by atoms with Crippen LogP contribution in [0.15, 0.2) is 18.2 Å². The van der Waals surface area contributed by atoms with Gasteiger partial charge in [0, 0.05) is 18.4 Å². The van der Waals surface area contributed by atoms with Crippen LogP contribution >= 0.6 is 0 Å². The molecule has 0 spiro atoms. The van der Waals surface area contributed by atoms with Gasteiger partial charge in [0.25, 0.3) is 0 Å². The van der Waals surface area contributed by atoms with Crippen molar-refractivity contribution in [3.05, 3.63) is 23.8 Å². The minimum absolute atomic E-state index is 0.0131. The lowest BCUT2D eigenvalue weighted by atomic mass is 10.0. The van der Waals surface area contributed by atoms with Gasteiger partial charge in [-0.15, -0.1) is 0 Å². The van der Waals surface area contributed by atoms with Gasteiger partial charge in [-0.05, 0) is 24.6 Å². The van der Waals surface area contributed by atoms with Crippen molar-refractivity contribution >= 4 is 11.8 Å². The maximum absolute atomic E-state index is 12.0. The predicted molar refractivity (Wildman–Crippen MR) is 67.6 cm³/mol. The Morgan fingerprint density at radius 3 is 2.63 bits per heavy atom. The summed E-state index contributed by atoms with van der Waals surface area (Å²) in [6.45, 7) is 1.02. The number of esters is 1. The van der Waals surface area contributed by atoms with E-state index in [1.807, 2.05) is 0 Å². The normalized spacial score (nSPS) is 12.9.